The van der Waals surface area contributed by atoms with Gasteiger partial charge in [-0.25, -0.2) is 0 Å². The highest BCUT2D eigenvalue weighted by atomic mass is 16.5. The molecular formula is C20H28N2O4. The number of hydrogen-bond donors (Lipinski definition) is 2. The van der Waals surface area contributed by atoms with Crippen LogP contribution in [0.2, 0.25) is 0 Å². The van der Waals surface area contributed by atoms with Crippen LogP contribution >= 0.6 is 0 Å². The third-order valence-corrected chi connectivity index (χ3v) is 5.47. The second-order valence-corrected chi connectivity index (χ2v) is 7.26. The van der Waals surface area contributed by atoms with Crippen LogP contribution in [0.4, 0.5) is 5.69 Å². The van der Waals surface area contributed by atoms with Crippen molar-refractivity contribution in [3.63, 3.8) is 0 Å². The molecule has 0 radical (unpaired) electrons. The van der Waals surface area contributed by atoms with Crippen LogP contribution in [-0.2, 0) is 9.59 Å². The van der Waals surface area contributed by atoms with Crippen molar-refractivity contribution in [2.24, 2.45) is 5.41 Å². The third kappa shape index (κ3) is 3.94. The zero-order valence-electron chi connectivity index (χ0n) is 15.6. The smallest absolute Gasteiger partial charge is 0.240 e. The lowest BCUT2D eigenvalue weighted by molar-refractivity contribution is -0.134. The number of carbonyl (C=O) groups is 2. The summed E-state index contributed by atoms with van der Waals surface area (Å²) in [6, 6.07) is 5.39. The summed E-state index contributed by atoms with van der Waals surface area (Å²) in [6.07, 6.45) is 7.96. The minimum atomic E-state index is -0.933. The molecule has 0 atom stereocenters. The number of amides is 2. The largest absolute Gasteiger partial charge is 0.497 e. The molecule has 0 aliphatic heterocycles. The first kappa shape index (κ1) is 18.5. The number of rotatable bonds is 6. The molecule has 3 rings (SSSR count). The van der Waals surface area contributed by atoms with E-state index in [4.69, 9.17) is 9.47 Å². The van der Waals surface area contributed by atoms with Gasteiger partial charge < -0.3 is 20.1 Å². The van der Waals surface area contributed by atoms with Crippen molar-refractivity contribution in [2.75, 3.05) is 19.5 Å². The Balaban J connectivity index is 1.66. The molecule has 0 aromatic heterocycles. The molecule has 2 aliphatic rings. The molecule has 26 heavy (non-hydrogen) atoms. The van der Waals surface area contributed by atoms with Crippen molar-refractivity contribution >= 4 is 17.5 Å². The van der Waals surface area contributed by atoms with E-state index < -0.39 is 5.41 Å². The second-order valence-electron chi connectivity index (χ2n) is 7.26. The molecule has 2 saturated carbocycles. The third-order valence-electron chi connectivity index (χ3n) is 5.47. The summed E-state index contributed by atoms with van der Waals surface area (Å²) in [4.78, 5) is 25.6. The Morgan fingerprint density at radius 1 is 1.00 bits per heavy atom. The monoisotopic (exact) mass is 360 g/mol. The average molecular weight is 360 g/mol. The van der Waals surface area contributed by atoms with Crippen LogP contribution in [0.1, 0.15) is 51.4 Å². The number of hydrogen-bond acceptors (Lipinski definition) is 4. The van der Waals surface area contributed by atoms with Gasteiger partial charge in [-0.2, -0.15) is 0 Å². The maximum Gasteiger partial charge on any atom is 0.240 e. The van der Waals surface area contributed by atoms with Crippen LogP contribution in [0.5, 0.6) is 11.5 Å². The summed E-state index contributed by atoms with van der Waals surface area (Å²) in [6.45, 7) is 0. The zero-order valence-corrected chi connectivity index (χ0v) is 15.6. The van der Waals surface area contributed by atoms with Crippen molar-refractivity contribution in [1.29, 1.82) is 0 Å². The molecule has 0 bridgehead atoms. The number of carbonyl (C=O) groups excluding carboxylic acids is 2. The number of ether oxygens (including phenoxy) is 2. The Morgan fingerprint density at radius 2 is 1.69 bits per heavy atom. The van der Waals surface area contributed by atoms with E-state index in [0.717, 1.165) is 25.7 Å². The molecule has 142 valence electrons. The van der Waals surface area contributed by atoms with Gasteiger partial charge in [0.2, 0.25) is 11.8 Å². The lowest BCUT2D eigenvalue weighted by Crippen LogP contribution is -2.44. The fourth-order valence-electron chi connectivity index (χ4n) is 3.57. The molecule has 2 N–H and O–H groups in total. The van der Waals surface area contributed by atoms with Gasteiger partial charge in [0.05, 0.1) is 19.9 Å². The molecule has 6 nitrogen and oxygen atoms in total. The Bertz CT molecular complexity index is 662. The first-order valence-corrected chi connectivity index (χ1v) is 9.43. The summed E-state index contributed by atoms with van der Waals surface area (Å²) < 4.78 is 10.5. The number of anilines is 1. The van der Waals surface area contributed by atoms with E-state index >= 15 is 0 Å². The topological polar surface area (TPSA) is 76.7 Å². The first-order valence-electron chi connectivity index (χ1n) is 9.43. The Morgan fingerprint density at radius 3 is 2.27 bits per heavy atom. The van der Waals surface area contributed by atoms with Gasteiger partial charge in [-0.05, 0) is 37.8 Å². The predicted octanol–water partition coefficient (Wildman–Crippen LogP) is 3.26. The van der Waals surface area contributed by atoms with Crippen LogP contribution in [0.25, 0.3) is 0 Å². The van der Waals surface area contributed by atoms with Crippen LogP contribution in [0.3, 0.4) is 0 Å². The minimum Gasteiger partial charge on any atom is -0.497 e. The fourth-order valence-corrected chi connectivity index (χ4v) is 3.57. The maximum atomic E-state index is 12.8. The zero-order chi connectivity index (χ0) is 18.6. The molecule has 2 amide bonds. The van der Waals surface area contributed by atoms with Gasteiger partial charge in [0.25, 0.3) is 0 Å². The maximum absolute atomic E-state index is 12.8. The first-order chi connectivity index (χ1) is 12.6. The summed E-state index contributed by atoms with van der Waals surface area (Å²) in [5.41, 5.74) is -0.385. The molecule has 6 heteroatoms. The van der Waals surface area contributed by atoms with Gasteiger partial charge in [-0.3, -0.25) is 9.59 Å². The van der Waals surface area contributed by atoms with Gasteiger partial charge in [0, 0.05) is 12.1 Å². The van der Waals surface area contributed by atoms with Crippen LogP contribution < -0.4 is 20.1 Å². The van der Waals surface area contributed by atoms with Crippen molar-refractivity contribution in [3.8, 4) is 11.5 Å². The molecule has 0 heterocycles. The molecule has 0 spiro atoms. The average Bonchev–Trinajstić information content (AvgIpc) is 3.47. The van der Waals surface area contributed by atoms with Gasteiger partial charge in [0.1, 0.15) is 16.9 Å². The SMILES string of the molecule is COc1ccc(NC(=O)C2(C(=O)NC3CCCCCC3)CC2)c(OC)c1. The summed E-state index contributed by atoms with van der Waals surface area (Å²) in [7, 11) is 3.11. The summed E-state index contributed by atoms with van der Waals surface area (Å²) >= 11 is 0. The minimum absolute atomic E-state index is 0.130. The lowest BCUT2D eigenvalue weighted by atomic mass is 10.0. The normalized spacial score (nSPS) is 19.2. The molecule has 0 unspecified atom stereocenters. The van der Waals surface area contributed by atoms with Gasteiger partial charge in [0.15, 0.2) is 0 Å². The fraction of sp³-hybridized carbons (Fsp3) is 0.600. The highest BCUT2D eigenvalue weighted by Crippen LogP contribution is 2.47. The molecule has 1 aromatic carbocycles. The van der Waals surface area contributed by atoms with E-state index in [2.05, 4.69) is 10.6 Å². The van der Waals surface area contributed by atoms with Crippen LogP contribution in [0, 0.1) is 5.41 Å². The number of methoxy groups -OCH3 is 2. The predicted molar refractivity (Wildman–Crippen MR) is 99.5 cm³/mol. The van der Waals surface area contributed by atoms with Crippen LogP contribution in [0.15, 0.2) is 18.2 Å². The Hall–Kier alpha value is -2.24. The van der Waals surface area contributed by atoms with Gasteiger partial charge in [-0.15, -0.1) is 0 Å². The molecule has 1 aromatic rings. The number of benzene rings is 1. The summed E-state index contributed by atoms with van der Waals surface area (Å²) in [5, 5.41) is 5.99. The quantitative estimate of drug-likeness (QED) is 0.603. The van der Waals surface area contributed by atoms with Crippen molar-refractivity contribution in [3.05, 3.63) is 18.2 Å². The summed E-state index contributed by atoms with van der Waals surface area (Å²) in [5.74, 6) is 0.770. The van der Waals surface area contributed by atoms with Gasteiger partial charge in [-0.1, -0.05) is 25.7 Å². The lowest BCUT2D eigenvalue weighted by Gasteiger charge is -2.21. The second kappa shape index (κ2) is 7.98. The molecule has 0 saturated heterocycles. The molecule has 2 fully saturated rings. The Labute approximate surface area is 154 Å². The van der Waals surface area contributed by atoms with E-state index in [1.165, 1.54) is 20.0 Å². The van der Waals surface area contributed by atoms with E-state index in [1.54, 1.807) is 25.3 Å². The van der Waals surface area contributed by atoms with Crippen molar-refractivity contribution in [2.45, 2.75) is 57.4 Å². The van der Waals surface area contributed by atoms with E-state index in [0.29, 0.717) is 30.0 Å². The molecule has 2 aliphatic carbocycles. The molecular weight excluding hydrogens is 332 g/mol. The Kier molecular flexibility index (Phi) is 5.69. The van der Waals surface area contributed by atoms with E-state index in [1.807, 2.05) is 0 Å². The van der Waals surface area contributed by atoms with E-state index in [9.17, 15) is 9.59 Å². The standard InChI is InChI=1S/C20H28N2O4/c1-25-15-9-10-16(17(13-15)26-2)22-19(24)20(11-12-20)18(23)21-14-7-5-3-4-6-8-14/h9-10,13-14H,3-8,11-12H2,1-2H3,(H,21,23)(H,22,24). The highest BCUT2D eigenvalue weighted by molar-refractivity contribution is 6.13. The van der Waals surface area contributed by atoms with Crippen molar-refractivity contribution < 1.29 is 19.1 Å². The van der Waals surface area contributed by atoms with E-state index in [-0.39, 0.29) is 17.9 Å². The van der Waals surface area contributed by atoms with Gasteiger partial charge >= 0.3 is 0 Å². The number of nitrogens with one attached hydrogen (secondary N) is 2. The highest BCUT2D eigenvalue weighted by Gasteiger charge is 2.56. The van der Waals surface area contributed by atoms with Crippen molar-refractivity contribution in [1.82, 2.24) is 5.32 Å². The van der Waals surface area contributed by atoms with Crippen LogP contribution in [-0.4, -0.2) is 32.1 Å².